The highest BCUT2D eigenvalue weighted by Gasteiger charge is 2.08. The minimum absolute atomic E-state index is 1.19. The Morgan fingerprint density at radius 3 is 2.20 bits per heavy atom. The highest BCUT2D eigenvalue weighted by molar-refractivity contribution is 14.1. The van der Waals surface area contributed by atoms with Crippen molar-refractivity contribution in [3.63, 3.8) is 0 Å². The quantitative estimate of drug-likeness (QED) is 0.381. The lowest BCUT2D eigenvalue weighted by Crippen LogP contribution is -2.16. The van der Waals surface area contributed by atoms with Crippen molar-refractivity contribution >= 4 is 30.7 Å². The molecule has 0 aliphatic carbocycles. The van der Waals surface area contributed by atoms with Gasteiger partial charge in [0.15, 0.2) is 0 Å². The average Bonchev–Trinajstić information content (AvgIpc) is 2.07. The lowest BCUT2D eigenvalue weighted by molar-refractivity contribution is 1.34. The maximum absolute atomic E-state index is 3.41. The minimum atomic E-state index is -1.26. The second-order valence-electron chi connectivity index (χ2n) is 4.92. The van der Waals surface area contributed by atoms with E-state index in [9.17, 15) is 0 Å². The van der Waals surface area contributed by atoms with Crippen LogP contribution in [0.15, 0.2) is 12.1 Å². The van der Waals surface area contributed by atoms with Crippen LogP contribution in [0.5, 0.6) is 0 Å². The Hall–Kier alpha value is -0.273. The zero-order valence-electron chi connectivity index (χ0n) is 10.0. The van der Waals surface area contributed by atoms with Gasteiger partial charge in [-0.1, -0.05) is 25.6 Å². The van der Waals surface area contributed by atoms with E-state index in [1.165, 1.54) is 20.3 Å². The highest BCUT2D eigenvalue weighted by atomic mass is 127. The van der Waals surface area contributed by atoms with Crippen molar-refractivity contribution in [1.29, 1.82) is 0 Å². The van der Waals surface area contributed by atoms with Crippen LogP contribution >= 0.6 is 22.6 Å². The fourth-order valence-corrected chi connectivity index (χ4v) is 2.30. The molecule has 15 heavy (non-hydrogen) atoms. The molecule has 0 saturated carbocycles. The highest BCUT2D eigenvalue weighted by Crippen LogP contribution is 2.17. The van der Waals surface area contributed by atoms with Crippen LogP contribution in [-0.2, 0) is 0 Å². The van der Waals surface area contributed by atoms with Crippen LogP contribution in [0.3, 0.4) is 0 Å². The first-order valence-electron chi connectivity index (χ1n) is 5.09. The normalized spacial score (nSPS) is 10.8. The molecule has 0 aromatic heterocycles. The van der Waals surface area contributed by atoms with Gasteiger partial charge < -0.3 is 0 Å². The monoisotopic (exact) mass is 328 g/mol. The third-order valence-corrected chi connectivity index (χ3v) is 4.11. The molecule has 0 aliphatic rings. The number of hydrogen-bond acceptors (Lipinski definition) is 0. The lowest BCUT2D eigenvalue weighted by Gasteiger charge is -2.06. The zero-order valence-corrected chi connectivity index (χ0v) is 13.2. The molecule has 0 radical (unpaired) electrons. The molecule has 0 atom stereocenters. The number of benzene rings is 1. The summed E-state index contributed by atoms with van der Waals surface area (Å²) in [5.74, 6) is 3.33. The first-order chi connectivity index (χ1) is 6.79. The molecule has 0 nitrogen and oxygen atoms in total. The molecule has 2 heteroatoms. The molecule has 80 valence electrons. The Morgan fingerprint density at radius 2 is 1.67 bits per heavy atom. The second-order valence-corrected chi connectivity index (χ2v) is 10.8. The molecule has 0 spiro atoms. The average molecular weight is 328 g/mol. The van der Waals surface area contributed by atoms with Gasteiger partial charge in [-0.05, 0) is 59.7 Å². The number of aryl methyl sites for hydroxylation is 2. The summed E-state index contributed by atoms with van der Waals surface area (Å²) in [5.41, 5.74) is 7.21. The Bertz CT molecular complexity index is 430. The maximum Gasteiger partial charge on any atom is 0.129 e. The van der Waals surface area contributed by atoms with Crippen molar-refractivity contribution in [2.24, 2.45) is 0 Å². The summed E-state index contributed by atoms with van der Waals surface area (Å²) in [5, 5.41) is 0. The predicted molar refractivity (Wildman–Crippen MR) is 78.9 cm³/mol. The van der Waals surface area contributed by atoms with Gasteiger partial charge in [0, 0.05) is 9.13 Å². The van der Waals surface area contributed by atoms with Gasteiger partial charge in [-0.15, -0.1) is 5.54 Å². The fourth-order valence-electron chi connectivity index (χ4n) is 1.17. The molecule has 0 unspecified atom stereocenters. The van der Waals surface area contributed by atoms with Gasteiger partial charge in [0.1, 0.15) is 8.07 Å². The molecule has 0 heterocycles. The van der Waals surface area contributed by atoms with Crippen molar-refractivity contribution < 1.29 is 0 Å². The van der Waals surface area contributed by atoms with Crippen LogP contribution in [0.2, 0.25) is 19.6 Å². The molecule has 0 N–H and O–H groups in total. The maximum atomic E-state index is 3.41. The van der Waals surface area contributed by atoms with Crippen LogP contribution in [0, 0.1) is 28.9 Å². The molecule has 1 rings (SSSR count). The standard InChI is InChI=1S/C13H17ISi/c1-10-9-13(14)11(2)8-12(10)6-7-15(3,4)5/h8-9H,1-5H3. The van der Waals surface area contributed by atoms with Crippen molar-refractivity contribution in [1.82, 2.24) is 0 Å². The Morgan fingerprint density at radius 1 is 1.07 bits per heavy atom. The second kappa shape index (κ2) is 4.71. The van der Waals surface area contributed by atoms with Crippen molar-refractivity contribution in [3.05, 3.63) is 32.4 Å². The smallest absolute Gasteiger partial charge is 0.127 e. The van der Waals surface area contributed by atoms with Gasteiger partial charge in [-0.25, -0.2) is 0 Å². The zero-order chi connectivity index (χ0) is 11.6. The first-order valence-corrected chi connectivity index (χ1v) is 9.67. The van der Waals surface area contributed by atoms with E-state index < -0.39 is 8.07 Å². The molecule has 1 aromatic rings. The largest absolute Gasteiger partial charge is 0.129 e. The van der Waals surface area contributed by atoms with Crippen molar-refractivity contribution in [3.8, 4) is 11.5 Å². The van der Waals surface area contributed by atoms with Gasteiger partial charge in [0.2, 0.25) is 0 Å². The lowest BCUT2D eigenvalue weighted by atomic mass is 10.1. The Kier molecular flexibility index (Phi) is 4.02. The molecule has 0 saturated heterocycles. The first kappa shape index (κ1) is 12.8. The van der Waals surface area contributed by atoms with Gasteiger partial charge in [-0.2, -0.15) is 0 Å². The third kappa shape index (κ3) is 4.00. The summed E-state index contributed by atoms with van der Waals surface area (Å²) < 4.78 is 1.32. The molecule has 0 fully saturated rings. The topological polar surface area (TPSA) is 0 Å². The molecule has 1 aromatic carbocycles. The van der Waals surface area contributed by atoms with Crippen LogP contribution in [0.25, 0.3) is 0 Å². The van der Waals surface area contributed by atoms with Gasteiger partial charge in [-0.3, -0.25) is 0 Å². The molecule has 0 amide bonds. The van der Waals surface area contributed by atoms with E-state index in [0.29, 0.717) is 0 Å². The number of halogens is 1. The van der Waals surface area contributed by atoms with E-state index in [0.717, 1.165) is 0 Å². The van der Waals surface area contributed by atoms with Crippen molar-refractivity contribution in [2.45, 2.75) is 33.5 Å². The van der Waals surface area contributed by atoms with Gasteiger partial charge in [0.05, 0.1) is 0 Å². The predicted octanol–water partition coefficient (Wildman–Crippen LogP) is 4.14. The summed E-state index contributed by atoms with van der Waals surface area (Å²) >= 11 is 2.37. The summed E-state index contributed by atoms with van der Waals surface area (Å²) in [4.78, 5) is 0. The van der Waals surface area contributed by atoms with E-state index in [-0.39, 0.29) is 0 Å². The summed E-state index contributed by atoms with van der Waals surface area (Å²) in [6.45, 7) is 11.1. The van der Waals surface area contributed by atoms with E-state index in [2.05, 4.69) is 79.7 Å². The molecule has 0 bridgehead atoms. The Balaban J connectivity index is 3.15. The SMILES string of the molecule is Cc1cc(C#C[Si](C)(C)C)c(C)cc1I. The molecule has 0 aliphatic heterocycles. The van der Waals surface area contributed by atoms with Crippen LogP contribution in [0.4, 0.5) is 0 Å². The number of hydrogen-bond donors (Lipinski definition) is 0. The van der Waals surface area contributed by atoms with E-state index in [1.54, 1.807) is 0 Å². The van der Waals surface area contributed by atoms with Crippen LogP contribution in [0.1, 0.15) is 16.7 Å². The van der Waals surface area contributed by atoms with E-state index in [1.807, 2.05) is 0 Å². The van der Waals surface area contributed by atoms with Gasteiger partial charge in [0.25, 0.3) is 0 Å². The minimum Gasteiger partial charge on any atom is -0.127 e. The molecular formula is C13H17ISi. The Labute approximate surface area is 108 Å². The summed E-state index contributed by atoms with van der Waals surface area (Å²) in [7, 11) is -1.26. The van der Waals surface area contributed by atoms with E-state index >= 15 is 0 Å². The summed E-state index contributed by atoms with van der Waals surface area (Å²) in [6, 6.07) is 4.41. The van der Waals surface area contributed by atoms with E-state index in [4.69, 9.17) is 0 Å². The van der Waals surface area contributed by atoms with Crippen LogP contribution in [-0.4, -0.2) is 8.07 Å². The number of rotatable bonds is 0. The van der Waals surface area contributed by atoms with Gasteiger partial charge >= 0.3 is 0 Å². The fraction of sp³-hybridized carbons (Fsp3) is 0.385. The van der Waals surface area contributed by atoms with Crippen molar-refractivity contribution in [2.75, 3.05) is 0 Å². The van der Waals surface area contributed by atoms with Crippen LogP contribution < -0.4 is 0 Å². The molecular weight excluding hydrogens is 311 g/mol. The third-order valence-electron chi connectivity index (χ3n) is 2.08. The summed E-state index contributed by atoms with van der Waals surface area (Å²) in [6.07, 6.45) is 0.